The van der Waals surface area contributed by atoms with Crippen molar-refractivity contribution >= 4 is 17.5 Å². The van der Waals surface area contributed by atoms with Crippen molar-refractivity contribution < 1.29 is 14.0 Å². The first-order valence-corrected chi connectivity index (χ1v) is 12.6. The van der Waals surface area contributed by atoms with E-state index in [1.165, 1.54) is 10.6 Å². The molecule has 1 saturated carbocycles. The van der Waals surface area contributed by atoms with Gasteiger partial charge in [-0.1, -0.05) is 18.2 Å². The van der Waals surface area contributed by atoms with Gasteiger partial charge < -0.3 is 9.80 Å². The van der Waals surface area contributed by atoms with Gasteiger partial charge in [0.05, 0.1) is 5.69 Å². The summed E-state index contributed by atoms with van der Waals surface area (Å²) in [5, 5.41) is 6.63. The Balaban J connectivity index is 1.20. The van der Waals surface area contributed by atoms with Crippen LogP contribution in [0.5, 0.6) is 0 Å². The zero-order chi connectivity index (χ0) is 24.8. The van der Waals surface area contributed by atoms with E-state index in [-0.39, 0.29) is 29.3 Å². The summed E-state index contributed by atoms with van der Waals surface area (Å²) in [4.78, 5) is 40.6. The molecule has 3 aromatic rings. The molecule has 1 aromatic heterocycles. The van der Waals surface area contributed by atoms with E-state index < -0.39 is 11.5 Å². The van der Waals surface area contributed by atoms with Crippen LogP contribution in [0, 0.1) is 17.7 Å². The fourth-order valence-electron chi connectivity index (χ4n) is 5.38. The Labute approximate surface area is 207 Å². The van der Waals surface area contributed by atoms with Crippen LogP contribution in [-0.2, 0) is 16.0 Å². The van der Waals surface area contributed by atoms with Crippen molar-refractivity contribution in [2.45, 2.75) is 38.5 Å². The Hall–Kier alpha value is -3.75. The number of nitrogens with one attached hydrogen (secondary N) is 1. The van der Waals surface area contributed by atoms with Gasteiger partial charge in [0.2, 0.25) is 11.8 Å². The van der Waals surface area contributed by atoms with Gasteiger partial charge in [0.1, 0.15) is 11.6 Å². The van der Waals surface area contributed by atoms with E-state index in [0.29, 0.717) is 30.8 Å². The lowest BCUT2D eigenvalue weighted by atomic mass is 10.0. The summed E-state index contributed by atoms with van der Waals surface area (Å²) in [7, 11) is 0. The highest BCUT2D eigenvalue weighted by atomic mass is 19.1. The van der Waals surface area contributed by atoms with Gasteiger partial charge in [0.25, 0.3) is 0 Å². The standard InChI is InChI=1S/C27H28FN5O3/c28-22-15-20(18-5-8-21(9-6-18)32-12-1-2-25(32)34)7-10-23(22)33-24(29-30-27(33)36)14-17-11-13-31(16-17)26(35)19-3-4-19/h5-10,15,17,19H,1-4,11-14,16H2,(H,30,36)/t17-/m0/s1. The van der Waals surface area contributed by atoms with Gasteiger partial charge in [0.15, 0.2) is 0 Å². The Morgan fingerprint density at radius 2 is 1.81 bits per heavy atom. The highest BCUT2D eigenvalue weighted by Gasteiger charge is 2.37. The second-order valence-electron chi connectivity index (χ2n) is 10.1. The molecular weight excluding hydrogens is 461 g/mol. The van der Waals surface area contributed by atoms with Crippen LogP contribution in [0.1, 0.15) is 37.9 Å². The maximum absolute atomic E-state index is 15.3. The number of hydrogen-bond donors (Lipinski definition) is 1. The molecule has 0 bridgehead atoms. The summed E-state index contributed by atoms with van der Waals surface area (Å²) in [6.07, 6.45) is 4.74. The highest BCUT2D eigenvalue weighted by molar-refractivity contribution is 5.95. The smallest absolute Gasteiger partial charge is 0.342 e. The van der Waals surface area contributed by atoms with Crippen molar-refractivity contribution in [2.75, 3.05) is 24.5 Å². The molecule has 2 amide bonds. The van der Waals surface area contributed by atoms with Gasteiger partial charge in [-0.2, -0.15) is 5.10 Å². The highest BCUT2D eigenvalue weighted by Crippen LogP contribution is 2.33. The van der Waals surface area contributed by atoms with Crippen LogP contribution in [-0.4, -0.2) is 51.1 Å². The van der Waals surface area contributed by atoms with E-state index in [1.807, 2.05) is 29.2 Å². The molecule has 6 rings (SSSR count). The van der Waals surface area contributed by atoms with Crippen molar-refractivity contribution in [1.82, 2.24) is 19.7 Å². The van der Waals surface area contributed by atoms with Crippen LogP contribution < -0.4 is 10.6 Å². The number of carbonyl (C=O) groups is 2. The molecule has 1 aliphatic carbocycles. The van der Waals surface area contributed by atoms with Crippen LogP contribution in [0.2, 0.25) is 0 Å². The third-order valence-electron chi connectivity index (χ3n) is 7.51. The molecule has 0 unspecified atom stereocenters. The van der Waals surface area contributed by atoms with E-state index in [4.69, 9.17) is 0 Å². The van der Waals surface area contributed by atoms with Gasteiger partial charge in [0, 0.05) is 44.1 Å². The Kier molecular flexibility index (Phi) is 5.70. The Morgan fingerprint density at radius 1 is 1.03 bits per heavy atom. The average molecular weight is 490 g/mol. The van der Waals surface area contributed by atoms with Crippen LogP contribution >= 0.6 is 0 Å². The quantitative estimate of drug-likeness (QED) is 0.575. The third kappa shape index (κ3) is 4.23. The predicted molar refractivity (Wildman–Crippen MR) is 132 cm³/mol. The molecule has 186 valence electrons. The topological polar surface area (TPSA) is 91.3 Å². The summed E-state index contributed by atoms with van der Waals surface area (Å²) in [6, 6.07) is 12.3. The van der Waals surface area contributed by atoms with Gasteiger partial charge in [-0.05, 0) is 67.0 Å². The van der Waals surface area contributed by atoms with Crippen LogP contribution in [0.4, 0.5) is 10.1 Å². The monoisotopic (exact) mass is 489 g/mol. The molecule has 1 N–H and O–H groups in total. The van der Waals surface area contributed by atoms with E-state index in [0.717, 1.165) is 50.0 Å². The van der Waals surface area contributed by atoms with E-state index >= 15 is 4.39 Å². The van der Waals surface area contributed by atoms with Crippen molar-refractivity contribution in [3.05, 3.63) is 64.6 Å². The third-order valence-corrected chi connectivity index (χ3v) is 7.51. The number of carbonyl (C=O) groups excluding carboxylic acids is 2. The number of aromatic nitrogens is 3. The molecule has 1 atom stereocenters. The van der Waals surface area contributed by atoms with Crippen molar-refractivity contribution in [1.29, 1.82) is 0 Å². The van der Waals surface area contributed by atoms with E-state index in [1.54, 1.807) is 17.0 Å². The number of hydrogen-bond acceptors (Lipinski definition) is 4. The molecule has 3 fully saturated rings. The first-order chi connectivity index (χ1) is 17.5. The summed E-state index contributed by atoms with van der Waals surface area (Å²) in [5.41, 5.74) is 2.01. The first-order valence-electron chi connectivity index (χ1n) is 12.6. The lowest BCUT2D eigenvalue weighted by Crippen LogP contribution is -2.30. The van der Waals surface area contributed by atoms with Gasteiger partial charge >= 0.3 is 5.69 Å². The van der Waals surface area contributed by atoms with Crippen molar-refractivity contribution in [3.63, 3.8) is 0 Å². The minimum atomic E-state index is -0.520. The molecule has 2 aromatic carbocycles. The zero-order valence-electron chi connectivity index (χ0n) is 20.0. The number of benzene rings is 2. The Bertz CT molecular complexity index is 1370. The molecule has 8 nitrogen and oxygen atoms in total. The minimum absolute atomic E-state index is 0.124. The Morgan fingerprint density at radius 3 is 2.50 bits per heavy atom. The van der Waals surface area contributed by atoms with Crippen LogP contribution in [0.3, 0.4) is 0 Å². The molecular formula is C27H28FN5O3. The molecule has 0 spiro atoms. The summed E-state index contributed by atoms with van der Waals surface area (Å²) >= 11 is 0. The van der Waals surface area contributed by atoms with Crippen LogP contribution in [0.15, 0.2) is 47.3 Å². The largest absolute Gasteiger partial charge is 0.348 e. The molecule has 3 aliphatic rings. The number of anilines is 1. The summed E-state index contributed by atoms with van der Waals surface area (Å²) in [5.74, 6) is 0.687. The fraction of sp³-hybridized carbons (Fsp3) is 0.407. The summed E-state index contributed by atoms with van der Waals surface area (Å²) < 4.78 is 16.6. The fourth-order valence-corrected chi connectivity index (χ4v) is 5.38. The van der Waals surface area contributed by atoms with Gasteiger partial charge in [-0.3, -0.25) is 9.59 Å². The lowest BCUT2D eigenvalue weighted by Gasteiger charge is -2.16. The zero-order valence-corrected chi connectivity index (χ0v) is 20.0. The van der Waals surface area contributed by atoms with Crippen LogP contribution in [0.25, 0.3) is 16.8 Å². The molecule has 2 aliphatic heterocycles. The molecule has 36 heavy (non-hydrogen) atoms. The van der Waals surface area contributed by atoms with Crippen molar-refractivity contribution in [3.8, 4) is 16.8 Å². The average Bonchev–Trinajstić information content (AvgIpc) is 3.31. The van der Waals surface area contributed by atoms with Crippen molar-refractivity contribution in [2.24, 2.45) is 11.8 Å². The number of halogens is 1. The normalized spacial score (nSPS) is 19.9. The number of rotatable bonds is 6. The molecule has 9 heteroatoms. The van der Waals surface area contributed by atoms with E-state index in [9.17, 15) is 14.4 Å². The van der Waals surface area contributed by atoms with Gasteiger partial charge in [-0.25, -0.2) is 18.9 Å². The maximum atomic E-state index is 15.3. The lowest BCUT2D eigenvalue weighted by molar-refractivity contribution is -0.131. The number of nitrogens with zero attached hydrogens (tertiary/aromatic N) is 4. The summed E-state index contributed by atoms with van der Waals surface area (Å²) in [6.45, 7) is 2.10. The second kappa shape index (κ2) is 9.04. The molecule has 0 radical (unpaired) electrons. The molecule has 3 heterocycles. The maximum Gasteiger partial charge on any atom is 0.348 e. The number of aromatic amines is 1. The number of H-pyrrole nitrogens is 1. The SMILES string of the molecule is O=C(C1CC1)N1CC[C@@H](Cc2n[nH]c(=O)n2-c2ccc(-c3ccc(N4CCCC4=O)cc3)cc2F)C1. The minimum Gasteiger partial charge on any atom is -0.342 e. The van der Waals surface area contributed by atoms with E-state index in [2.05, 4.69) is 10.2 Å². The molecule has 2 saturated heterocycles. The van der Waals surface area contributed by atoms with Gasteiger partial charge in [-0.15, -0.1) is 0 Å². The number of amides is 2. The second-order valence-corrected chi connectivity index (χ2v) is 10.1. The predicted octanol–water partition coefficient (Wildman–Crippen LogP) is 3.29. The number of likely N-dealkylation sites (tertiary alicyclic amines) is 1. The first kappa shape index (κ1) is 22.7.